The third kappa shape index (κ3) is 4.57. The summed E-state index contributed by atoms with van der Waals surface area (Å²) in [5.41, 5.74) is 5.69. The number of hydrogen-bond donors (Lipinski definition) is 0. The number of aryl methyl sites for hydroxylation is 1. The first kappa shape index (κ1) is 23.9. The van der Waals surface area contributed by atoms with Crippen molar-refractivity contribution in [1.82, 2.24) is 0 Å². The third-order valence-electron chi connectivity index (χ3n) is 7.10. The smallest absolute Gasteiger partial charge is 0.294 e. The third-order valence-corrected chi connectivity index (χ3v) is 7.94. The number of anilines is 1. The molecular weight excluding hydrogens is 430 g/mol. The lowest BCUT2D eigenvalue weighted by Gasteiger charge is -2.43. The van der Waals surface area contributed by atoms with Gasteiger partial charge < -0.3 is 4.74 Å². The lowest BCUT2D eigenvalue weighted by atomic mass is 9.63. The summed E-state index contributed by atoms with van der Waals surface area (Å²) in [7, 11) is 0. The molecule has 2 aromatic rings. The van der Waals surface area contributed by atoms with Gasteiger partial charge >= 0.3 is 0 Å². The second kappa shape index (κ2) is 8.50. The van der Waals surface area contributed by atoms with Crippen molar-refractivity contribution in [1.29, 1.82) is 0 Å². The molecule has 33 heavy (non-hydrogen) atoms. The number of rotatable bonds is 5. The number of fused-ring (bicyclic) bond motifs is 1. The number of carbonyl (C=O) groups excluding carboxylic acids is 2. The average Bonchev–Trinajstić information content (AvgIpc) is 2.98. The Bertz CT molecular complexity index is 1100. The van der Waals surface area contributed by atoms with Gasteiger partial charge in [-0.2, -0.15) is 0 Å². The van der Waals surface area contributed by atoms with Gasteiger partial charge in [-0.25, -0.2) is 0 Å². The normalized spacial score (nSPS) is 21.5. The van der Waals surface area contributed by atoms with Gasteiger partial charge in [0.05, 0.1) is 6.10 Å². The van der Waals surface area contributed by atoms with Crippen molar-refractivity contribution in [2.24, 2.45) is 0 Å². The molecule has 1 unspecified atom stereocenters. The Morgan fingerprint density at radius 2 is 1.67 bits per heavy atom. The Hall–Kier alpha value is -2.27. The van der Waals surface area contributed by atoms with Crippen LogP contribution in [0.3, 0.4) is 0 Å². The van der Waals surface area contributed by atoms with Crippen LogP contribution in [0.25, 0.3) is 0 Å². The summed E-state index contributed by atoms with van der Waals surface area (Å²) in [5.74, 6) is 0.785. The highest BCUT2D eigenvalue weighted by atomic mass is 32.2. The monoisotopic (exact) mass is 465 g/mol. The molecule has 1 fully saturated rings. The Balaban J connectivity index is 1.73. The number of ether oxygens (including phenoxy) is 1. The molecule has 0 bridgehead atoms. The maximum Gasteiger partial charge on any atom is 0.294 e. The summed E-state index contributed by atoms with van der Waals surface area (Å²) in [6, 6.07) is 11.8. The van der Waals surface area contributed by atoms with Gasteiger partial charge in [0.25, 0.3) is 5.24 Å². The first-order valence-corrected chi connectivity index (χ1v) is 12.7. The molecule has 0 radical (unpaired) electrons. The van der Waals surface area contributed by atoms with Crippen molar-refractivity contribution < 1.29 is 14.3 Å². The van der Waals surface area contributed by atoms with Crippen molar-refractivity contribution >= 4 is 27.8 Å². The summed E-state index contributed by atoms with van der Waals surface area (Å²) in [4.78, 5) is 27.7. The van der Waals surface area contributed by atoms with Crippen LogP contribution in [-0.4, -0.2) is 22.5 Å². The van der Waals surface area contributed by atoms with Gasteiger partial charge in [-0.05, 0) is 84.9 Å². The zero-order chi connectivity index (χ0) is 24.1. The fourth-order valence-corrected chi connectivity index (χ4v) is 5.91. The van der Waals surface area contributed by atoms with Gasteiger partial charge in [0, 0.05) is 23.9 Å². The Morgan fingerprint density at radius 3 is 2.30 bits per heavy atom. The van der Waals surface area contributed by atoms with E-state index >= 15 is 0 Å². The molecule has 2 aliphatic rings. The zero-order valence-corrected chi connectivity index (χ0v) is 21.6. The van der Waals surface area contributed by atoms with Crippen molar-refractivity contribution in [2.45, 2.75) is 90.7 Å². The molecule has 0 saturated carbocycles. The summed E-state index contributed by atoms with van der Waals surface area (Å²) < 4.78 is 5.83. The fraction of sp³-hybridized carbons (Fsp3) is 0.500. The van der Waals surface area contributed by atoms with E-state index in [0.717, 1.165) is 47.2 Å². The van der Waals surface area contributed by atoms with E-state index in [2.05, 4.69) is 46.8 Å². The van der Waals surface area contributed by atoms with Crippen molar-refractivity contribution in [3.8, 4) is 5.75 Å². The molecular formula is C28H35NO3S. The highest BCUT2D eigenvalue weighted by molar-refractivity contribution is 8.27. The first-order valence-electron chi connectivity index (χ1n) is 11.9. The molecule has 4 nitrogen and oxygen atoms in total. The second-order valence-corrected chi connectivity index (χ2v) is 12.0. The Kier molecular flexibility index (Phi) is 6.15. The maximum atomic E-state index is 13.1. The number of benzene rings is 2. The SMILES string of the molecule is Cc1cc2c(cc1N1C(=O)SC(=O)C1Cc1cccc(OC(C)C)c1)C(C)(C)CCC2(C)C. The second-order valence-electron chi connectivity index (χ2n) is 11.0. The van der Waals surface area contributed by atoms with Crippen LogP contribution in [-0.2, 0) is 22.0 Å². The van der Waals surface area contributed by atoms with E-state index in [-0.39, 0.29) is 27.3 Å². The minimum atomic E-state index is -0.520. The van der Waals surface area contributed by atoms with Crippen molar-refractivity contribution in [3.05, 3.63) is 58.7 Å². The lowest BCUT2D eigenvalue weighted by Crippen LogP contribution is -2.39. The molecule has 1 aliphatic carbocycles. The van der Waals surface area contributed by atoms with Crippen molar-refractivity contribution in [3.63, 3.8) is 0 Å². The molecule has 0 aromatic heterocycles. The number of carbonyl (C=O) groups is 2. The summed E-state index contributed by atoms with van der Waals surface area (Å²) in [6.07, 6.45) is 2.79. The minimum Gasteiger partial charge on any atom is -0.491 e. The minimum absolute atomic E-state index is 0.0330. The molecule has 1 atom stereocenters. The van der Waals surface area contributed by atoms with Crippen molar-refractivity contribution in [2.75, 3.05) is 4.90 Å². The van der Waals surface area contributed by atoms with E-state index in [9.17, 15) is 9.59 Å². The predicted molar refractivity (Wildman–Crippen MR) is 137 cm³/mol. The Morgan fingerprint density at radius 1 is 1.03 bits per heavy atom. The van der Waals surface area contributed by atoms with Gasteiger partial charge in [-0.15, -0.1) is 0 Å². The maximum absolute atomic E-state index is 13.1. The molecule has 0 spiro atoms. The quantitative estimate of drug-likeness (QED) is 0.480. The molecule has 5 heteroatoms. The number of amides is 1. The molecule has 1 amide bonds. The van der Waals surface area contributed by atoms with Gasteiger partial charge in [-0.1, -0.05) is 45.9 Å². The van der Waals surface area contributed by atoms with E-state index in [0.29, 0.717) is 6.42 Å². The number of nitrogens with zero attached hydrogens (tertiary/aromatic N) is 1. The van der Waals surface area contributed by atoms with Crippen LogP contribution in [0.1, 0.15) is 76.6 Å². The predicted octanol–water partition coefficient (Wildman–Crippen LogP) is 6.94. The van der Waals surface area contributed by atoms with Crippen LogP contribution in [0.5, 0.6) is 5.75 Å². The van der Waals surface area contributed by atoms with Crippen LogP contribution < -0.4 is 9.64 Å². The van der Waals surface area contributed by atoms with Crippen LogP contribution >= 0.6 is 11.8 Å². The van der Waals surface area contributed by atoms with E-state index in [1.807, 2.05) is 38.1 Å². The lowest BCUT2D eigenvalue weighted by molar-refractivity contribution is -0.111. The summed E-state index contributed by atoms with van der Waals surface area (Å²) >= 11 is 0.828. The van der Waals surface area contributed by atoms with Gasteiger partial charge in [0.15, 0.2) is 0 Å². The van der Waals surface area contributed by atoms with Crippen LogP contribution in [0.4, 0.5) is 10.5 Å². The standard InChI is InChI=1S/C28H35NO3S/c1-17(2)32-20-10-8-9-19(14-20)15-24-25(30)33-26(31)29(24)23-16-22-21(13-18(23)3)27(4,5)11-12-28(22,6)7/h8-10,13-14,16-17,24H,11-12,15H2,1-7H3. The molecule has 1 saturated heterocycles. The molecule has 1 aliphatic heterocycles. The van der Waals surface area contributed by atoms with Crippen LogP contribution in [0, 0.1) is 6.92 Å². The molecule has 1 heterocycles. The fourth-order valence-electron chi connectivity index (χ4n) is 5.09. The Labute approximate surface area is 202 Å². The molecule has 2 aromatic carbocycles. The van der Waals surface area contributed by atoms with E-state index < -0.39 is 6.04 Å². The highest BCUT2D eigenvalue weighted by Crippen LogP contribution is 2.48. The molecule has 176 valence electrons. The van der Waals surface area contributed by atoms with E-state index in [1.54, 1.807) is 4.90 Å². The number of thioether (sulfide) groups is 1. The molecule has 4 rings (SSSR count). The summed E-state index contributed by atoms with van der Waals surface area (Å²) in [6.45, 7) is 15.2. The van der Waals surface area contributed by atoms with Crippen LogP contribution in [0.15, 0.2) is 36.4 Å². The zero-order valence-electron chi connectivity index (χ0n) is 20.8. The van der Waals surface area contributed by atoms with Crippen LogP contribution in [0.2, 0.25) is 0 Å². The van der Waals surface area contributed by atoms with Gasteiger partial charge in [-0.3, -0.25) is 14.5 Å². The first-order chi connectivity index (χ1) is 15.4. The van der Waals surface area contributed by atoms with Gasteiger partial charge in [0.1, 0.15) is 11.8 Å². The average molecular weight is 466 g/mol. The topological polar surface area (TPSA) is 46.6 Å². The largest absolute Gasteiger partial charge is 0.491 e. The molecule has 0 N–H and O–H groups in total. The highest BCUT2D eigenvalue weighted by Gasteiger charge is 2.43. The van der Waals surface area contributed by atoms with E-state index in [1.165, 1.54) is 11.1 Å². The van der Waals surface area contributed by atoms with Gasteiger partial charge in [0.2, 0.25) is 5.12 Å². The van der Waals surface area contributed by atoms with E-state index in [4.69, 9.17) is 4.74 Å². The summed E-state index contributed by atoms with van der Waals surface area (Å²) in [5, 5.41) is -0.276. The number of hydrogen-bond acceptors (Lipinski definition) is 4.